The van der Waals surface area contributed by atoms with Crippen LogP contribution in [0.25, 0.3) is 0 Å². The molecule has 2 N–H and O–H groups in total. The molecule has 25 heavy (non-hydrogen) atoms. The number of hydrogen-bond donors (Lipinski definition) is 1. The molecule has 0 bridgehead atoms. The molecule has 5 heteroatoms. The standard InChI is InChI=1S/C20H29BrN2OSi/c1-15(8-7-11-24-25(5,6)20(2,3)4)9-10-16-12-18(21)13-17(14-22)19(16)23/h12-13,15H,7-8,11,23H2,1-6H3. The highest BCUT2D eigenvalue weighted by atomic mass is 79.9. The maximum atomic E-state index is 9.10. The second-order valence-electron chi connectivity index (χ2n) is 7.95. The zero-order chi connectivity index (χ0) is 19.3. The first-order chi connectivity index (χ1) is 11.5. The van der Waals surface area contributed by atoms with Crippen LogP contribution in [0.4, 0.5) is 5.69 Å². The Bertz CT molecular complexity index is 705. The molecule has 1 unspecified atom stereocenters. The molecule has 136 valence electrons. The SMILES string of the molecule is CC(C#Cc1cc(Br)cc(C#N)c1N)CCCO[Si](C)(C)C(C)(C)C. The molecule has 1 atom stereocenters. The molecule has 0 aliphatic carbocycles. The van der Waals surface area contributed by atoms with Crippen molar-refractivity contribution in [1.29, 1.82) is 5.26 Å². The fraction of sp³-hybridized carbons (Fsp3) is 0.550. The van der Waals surface area contributed by atoms with Gasteiger partial charge in [-0.25, -0.2) is 0 Å². The van der Waals surface area contributed by atoms with E-state index < -0.39 is 8.32 Å². The minimum Gasteiger partial charge on any atom is -0.417 e. The predicted octanol–water partition coefficient (Wildman–Crippen LogP) is 5.69. The van der Waals surface area contributed by atoms with Crippen LogP contribution in [0.5, 0.6) is 0 Å². The molecular formula is C20H29BrN2OSi. The van der Waals surface area contributed by atoms with Crippen molar-refractivity contribution in [2.24, 2.45) is 5.92 Å². The predicted molar refractivity (Wildman–Crippen MR) is 112 cm³/mol. The Hall–Kier alpha value is -1.27. The topological polar surface area (TPSA) is 59.0 Å². The van der Waals surface area contributed by atoms with Gasteiger partial charge >= 0.3 is 0 Å². The molecule has 1 aromatic rings. The third-order valence-corrected chi connectivity index (χ3v) is 9.77. The van der Waals surface area contributed by atoms with E-state index in [2.05, 4.69) is 74.6 Å². The Labute approximate surface area is 162 Å². The molecular weight excluding hydrogens is 392 g/mol. The van der Waals surface area contributed by atoms with Gasteiger partial charge in [0.1, 0.15) is 6.07 Å². The van der Waals surface area contributed by atoms with Crippen LogP contribution in [-0.4, -0.2) is 14.9 Å². The van der Waals surface area contributed by atoms with Crippen LogP contribution in [0.3, 0.4) is 0 Å². The first-order valence-electron chi connectivity index (χ1n) is 8.62. The first-order valence-corrected chi connectivity index (χ1v) is 12.3. The maximum absolute atomic E-state index is 9.10. The van der Waals surface area contributed by atoms with Crippen molar-refractivity contribution >= 4 is 29.9 Å². The second-order valence-corrected chi connectivity index (χ2v) is 13.7. The number of nitrogens with zero attached hydrogens (tertiary/aromatic N) is 1. The van der Waals surface area contributed by atoms with Gasteiger partial charge in [0, 0.05) is 22.6 Å². The third-order valence-electron chi connectivity index (χ3n) is 4.77. The van der Waals surface area contributed by atoms with E-state index in [9.17, 15) is 0 Å². The van der Waals surface area contributed by atoms with Crippen molar-refractivity contribution in [3.8, 4) is 17.9 Å². The highest BCUT2D eigenvalue weighted by Crippen LogP contribution is 2.36. The summed E-state index contributed by atoms with van der Waals surface area (Å²) in [4.78, 5) is 0. The average molecular weight is 421 g/mol. The van der Waals surface area contributed by atoms with Crippen LogP contribution >= 0.6 is 15.9 Å². The van der Waals surface area contributed by atoms with E-state index in [0.29, 0.717) is 16.8 Å². The van der Waals surface area contributed by atoms with Gasteiger partial charge in [-0.3, -0.25) is 0 Å². The summed E-state index contributed by atoms with van der Waals surface area (Å²) in [7, 11) is -1.66. The Morgan fingerprint density at radius 1 is 1.28 bits per heavy atom. The van der Waals surface area contributed by atoms with Crippen molar-refractivity contribution in [2.45, 2.75) is 58.7 Å². The molecule has 3 nitrogen and oxygen atoms in total. The van der Waals surface area contributed by atoms with Gasteiger partial charge in [0.25, 0.3) is 0 Å². The number of anilines is 1. The summed E-state index contributed by atoms with van der Waals surface area (Å²) in [6.07, 6.45) is 1.99. The van der Waals surface area contributed by atoms with E-state index in [0.717, 1.165) is 23.9 Å². The molecule has 0 saturated heterocycles. The van der Waals surface area contributed by atoms with Gasteiger partial charge in [0.15, 0.2) is 8.32 Å². The number of nitriles is 1. The fourth-order valence-corrected chi connectivity index (χ4v) is 3.57. The van der Waals surface area contributed by atoms with E-state index in [1.807, 2.05) is 6.07 Å². The Kier molecular flexibility index (Phi) is 7.75. The summed E-state index contributed by atoms with van der Waals surface area (Å²) in [5.74, 6) is 6.62. The molecule has 0 spiro atoms. The lowest BCUT2D eigenvalue weighted by atomic mass is 10.0. The monoisotopic (exact) mass is 420 g/mol. The molecule has 0 radical (unpaired) electrons. The number of hydrogen-bond acceptors (Lipinski definition) is 3. The normalized spacial score (nSPS) is 12.9. The molecule has 0 aliphatic heterocycles. The van der Waals surface area contributed by atoms with Gasteiger partial charge in [-0.1, -0.05) is 55.5 Å². The Morgan fingerprint density at radius 3 is 2.44 bits per heavy atom. The first kappa shape index (κ1) is 21.8. The zero-order valence-electron chi connectivity index (χ0n) is 16.2. The lowest BCUT2D eigenvalue weighted by molar-refractivity contribution is 0.275. The number of rotatable bonds is 5. The van der Waals surface area contributed by atoms with Crippen LogP contribution in [0, 0.1) is 29.1 Å². The number of benzene rings is 1. The summed E-state index contributed by atoms with van der Waals surface area (Å²) in [5, 5.41) is 9.35. The molecule has 0 aromatic heterocycles. The van der Waals surface area contributed by atoms with Gasteiger partial charge in [-0.2, -0.15) is 5.26 Å². The molecule has 0 heterocycles. The number of nitrogens with two attached hydrogens (primary N) is 1. The van der Waals surface area contributed by atoms with Crippen LogP contribution in [0.1, 0.15) is 51.7 Å². The van der Waals surface area contributed by atoms with E-state index in [1.165, 1.54) is 0 Å². The third kappa shape index (κ3) is 6.51. The lowest BCUT2D eigenvalue weighted by Crippen LogP contribution is -2.41. The Morgan fingerprint density at radius 2 is 1.88 bits per heavy atom. The smallest absolute Gasteiger partial charge is 0.191 e. The summed E-state index contributed by atoms with van der Waals surface area (Å²) in [6.45, 7) is 14.2. The zero-order valence-corrected chi connectivity index (χ0v) is 18.8. The van der Waals surface area contributed by atoms with E-state index in [4.69, 9.17) is 15.4 Å². The summed E-state index contributed by atoms with van der Waals surface area (Å²) in [6, 6.07) is 5.66. The van der Waals surface area contributed by atoms with Crippen LogP contribution in [0.15, 0.2) is 16.6 Å². The minimum atomic E-state index is -1.66. The van der Waals surface area contributed by atoms with Crippen LogP contribution < -0.4 is 5.73 Å². The Balaban J connectivity index is 2.60. The number of nitrogen functional groups attached to an aromatic ring is 1. The van der Waals surface area contributed by atoms with Gasteiger partial charge in [-0.15, -0.1) is 0 Å². The van der Waals surface area contributed by atoms with E-state index >= 15 is 0 Å². The van der Waals surface area contributed by atoms with Gasteiger partial charge < -0.3 is 10.2 Å². The van der Waals surface area contributed by atoms with Crippen molar-refractivity contribution in [3.63, 3.8) is 0 Å². The molecule has 0 amide bonds. The summed E-state index contributed by atoms with van der Waals surface area (Å²) < 4.78 is 7.02. The maximum Gasteiger partial charge on any atom is 0.191 e. The van der Waals surface area contributed by atoms with Crippen molar-refractivity contribution in [1.82, 2.24) is 0 Å². The van der Waals surface area contributed by atoms with Gasteiger partial charge in [0.05, 0.1) is 11.3 Å². The van der Waals surface area contributed by atoms with Gasteiger partial charge in [0.2, 0.25) is 0 Å². The van der Waals surface area contributed by atoms with E-state index in [-0.39, 0.29) is 11.0 Å². The highest BCUT2D eigenvalue weighted by Gasteiger charge is 2.36. The van der Waals surface area contributed by atoms with Crippen molar-refractivity contribution in [2.75, 3.05) is 12.3 Å². The summed E-state index contributed by atoms with van der Waals surface area (Å²) >= 11 is 3.39. The summed E-state index contributed by atoms with van der Waals surface area (Å²) in [5.41, 5.74) is 7.61. The fourth-order valence-electron chi connectivity index (χ4n) is 2.02. The largest absolute Gasteiger partial charge is 0.417 e. The highest BCUT2D eigenvalue weighted by molar-refractivity contribution is 9.10. The molecule has 1 aromatic carbocycles. The lowest BCUT2D eigenvalue weighted by Gasteiger charge is -2.36. The second kappa shape index (κ2) is 8.90. The van der Waals surface area contributed by atoms with Crippen LogP contribution in [0.2, 0.25) is 18.1 Å². The van der Waals surface area contributed by atoms with Crippen molar-refractivity contribution in [3.05, 3.63) is 27.7 Å². The average Bonchev–Trinajstić information content (AvgIpc) is 2.50. The van der Waals surface area contributed by atoms with Crippen LogP contribution in [-0.2, 0) is 4.43 Å². The van der Waals surface area contributed by atoms with Gasteiger partial charge in [-0.05, 0) is 43.1 Å². The molecule has 0 aliphatic rings. The van der Waals surface area contributed by atoms with Crippen molar-refractivity contribution < 1.29 is 4.43 Å². The molecule has 0 fully saturated rings. The van der Waals surface area contributed by atoms with E-state index in [1.54, 1.807) is 6.07 Å². The molecule has 0 saturated carbocycles. The number of halogens is 1. The molecule has 1 rings (SSSR count). The minimum absolute atomic E-state index is 0.245. The quantitative estimate of drug-likeness (QED) is 0.287.